The van der Waals surface area contributed by atoms with E-state index in [9.17, 15) is 0 Å². The number of rotatable bonds is 6. The molecule has 1 atom stereocenters. The first-order valence-electron chi connectivity index (χ1n) is 6.62. The summed E-state index contributed by atoms with van der Waals surface area (Å²) >= 11 is 2.14. The van der Waals surface area contributed by atoms with Gasteiger partial charge in [0, 0.05) is 31.4 Å². The van der Waals surface area contributed by atoms with E-state index in [1.54, 1.807) is 0 Å². The van der Waals surface area contributed by atoms with Crippen LogP contribution >= 0.6 is 11.8 Å². The second-order valence-electron chi connectivity index (χ2n) is 5.32. The van der Waals surface area contributed by atoms with Gasteiger partial charge in [-0.3, -0.25) is 0 Å². The first-order chi connectivity index (χ1) is 7.59. The summed E-state index contributed by atoms with van der Waals surface area (Å²) in [6, 6.07) is 0. The van der Waals surface area contributed by atoms with E-state index in [-0.39, 0.29) is 0 Å². The van der Waals surface area contributed by atoms with Crippen molar-refractivity contribution >= 4 is 11.8 Å². The Kier molecular flexibility index (Phi) is 6.78. The zero-order valence-electron chi connectivity index (χ0n) is 11.4. The molecule has 0 aromatic heterocycles. The van der Waals surface area contributed by atoms with Crippen molar-refractivity contribution in [2.45, 2.75) is 32.4 Å². The van der Waals surface area contributed by atoms with Gasteiger partial charge in [-0.1, -0.05) is 20.8 Å². The maximum Gasteiger partial charge on any atom is 0.0110 e. The van der Waals surface area contributed by atoms with Crippen molar-refractivity contribution in [3.05, 3.63) is 0 Å². The van der Waals surface area contributed by atoms with Gasteiger partial charge >= 0.3 is 0 Å². The molecule has 0 aromatic rings. The van der Waals surface area contributed by atoms with E-state index in [4.69, 9.17) is 0 Å². The second kappa shape index (κ2) is 7.57. The normalized spacial score (nSPS) is 21.6. The highest BCUT2D eigenvalue weighted by Crippen LogP contribution is 2.19. The predicted octanol–water partition coefficient (Wildman–Crippen LogP) is 2.40. The van der Waals surface area contributed by atoms with Crippen LogP contribution in [-0.4, -0.2) is 60.6 Å². The van der Waals surface area contributed by atoms with Crippen molar-refractivity contribution in [1.29, 1.82) is 0 Å². The van der Waals surface area contributed by atoms with Crippen LogP contribution in [0.5, 0.6) is 0 Å². The summed E-state index contributed by atoms with van der Waals surface area (Å²) in [5.74, 6) is 2.14. The van der Waals surface area contributed by atoms with E-state index in [2.05, 4.69) is 49.4 Å². The number of piperazine rings is 1. The van der Waals surface area contributed by atoms with Crippen LogP contribution in [0.15, 0.2) is 0 Å². The average Bonchev–Trinajstić information content (AvgIpc) is 2.26. The van der Waals surface area contributed by atoms with Gasteiger partial charge < -0.3 is 9.80 Å². The highest BCUT2D eigenvalue weighted by molar-refractivity contribution is 7.99. The molecule has 0 unspecified atom stereocenters. The molecule has 2 nitrogen and oxygen atoms in total. The quantitative estimate of drug-likeness (QED) is 0.663. The summed E-state index contributed by atoms with van der Waals surface area (Å²) < 4.78 is 0. The molecule has 0 aromatic carbocycles. The van der Waals surface area contributed by atoms with E-state index in [0.29, 0.717) is 0 Å². The number of nitrogens with zero attached hydrogens (tertiary/aromatic N) is 2. The SMILES string of the molecule is CC(C)[C@@H](C)SCCCN1CCN(C)CC1. The van der Waals surface area contributed by atoms with Crippen molar-refractivity contribution in [1.82, 2.24) is 9.80 Å². The van der Waals surface area contributed by atoms with E-state index < -0.39 is 0 Å². The van der Waals surface area contributed by atoms with Gasteiger partial charge in [-0.05, 0) is 31.7 Å². The maximum absolute atomic E-state index is 2.61. The predicted molar refractivity (Wildman–Crippen MR) is 75.3 cm³/mol. The van der Waals surface area contributed by atoms with Crippen molar-refractivity contribution in [3.63, 3.8) is 0 Å². The Bertz CT molecular complexity index is 177. The van der Waals surface area contributed by atoms with Crippen molar-refractivity contribution in [2.75, 3.05) is 45.5 Å². The molecule has 0 aliphatic carbocycles. The van der Waals surface area contributed by atoms with Crippen LogP contribution in [0, 0.1) is 5.92 Å². The van der Waals surface area contributed by atoms with Crippen LogP contribution in [0.4, 0.5) is 0 Å². The van der Waals surface area contributed by atoms with Crippen LogP contribution < -0.4 is 0 Å². The highest BCUT2D eigenvalue weighted by Gasteiger charge is 2.13. The minimum absolute atomic E-state index is 0.812. The lowest BCUT2D eigenvalue weighted by atomic mass is 10.2. The van der Waals surface area contributed by atoms with Crippen LogP contribution in [0.3, 0.4) is 0 Å². The molecule has 0 bridgehead atoms. The minimum Gasteiger partial charge on any atom is -0.304 e. The third-order valence-electron chi connectivity index (χ3n) is 3.53. The molecule has 3 heteroatoms. The van der Waals surface area contributed by atoms with E-state index >= 15 is 0 Å². The number of hydrogen-bond acceptors (Lipinski definition) is 3. The van der Waals surface area contributed by atoms with Gasteiger partial charge in [0.15, 0.2) is 0 Å². The maximum atomic E-state index is 2.61. The van der Waals surface area contributed by atoms with E-state index in [1.165, 1.54) is 44.9 Å². The summed E-state index contributed by atoms with van der Waals surface area (Å²) in [6.07, 6.45) is 1.35. The Morgan fingerprint density at radius 3 is 2.25 bits per heavy atom. The molecule has 0 radical (unpaired) electrons. The van der Waals surface area contributed by atoms with Crippen molar-refractivity contribution in [3.8, 4) is 0 Å². The van der Waals surface area contributed by atoms with E-state index in [0.717, 1.165) is 11.2 Å². The fourth-order valence-corrected chi connectivity index (χ4v) is 2.87. The molecule has 1 rings (SSSR count). The summed E-state index contributed by atoms with van der Waals surface area (Å²) in [4.78, 5) is 5.03. The topological polar surface area (TPSA) is 6.48 Å². The molecule has 0 amide bonds. The van der Waals surface area contributed by atoms with Gasteiger partial charge in [0.1, 0.15) is 0 Å². The minimum atomic E-state index is 0.812. The third-order valence-corrected chi connectivity index (χ3v) is 5.13. The second-order valence-corrected chi connectivity index (χ2v) is 6.80. The van der Waals surface area contributed by atoms with Crippen LogP contribution in [-0.2, 0) is 0 Å². The Hall–Kier alpha value is 0.270. The molecular weight excluding hydrogens is 216 g/mol. The standard InChI is InChI=1S/C13H28N2S/c1-12(2)13(3)16-11-5-6-15-9-7-14(4)8-10-15/h12-13H,5-11H2,1-4H3/t13-/m1/s1. The number of thioether (sulfide) groups is 1. The van der Waals surface area contributed by atoms with Crippen molar-refractivity contribution < 1.29 is 0 Å². The Morgan fingerprint density at radius 2 is 1.69 bits per heavy atom. The van der Waals surface area contributed by atoms with Crippen LogP contribution in [0.25, 0.3) is 0 Å². The monoisotopic (exact) mass is 244 g/mol. The first-order valence-corrected chi connectivity index (χ1v) is 7.67. The first kappa shape index (κ1) is 14.3. The van der Waals surface area contributed by atoms with Crippen LogP contribution in [0.2, 0.25) is 0 Å². The molecular formula is C13H28N2S. The largest absolute Gasteiger partial charge is 0.304 e. The molecule has 96 valence electrons. The molecule has 1 aliphatic heterocycles. The summed E-state index contributed by atoms with van der Waals surface area (Å²) in [5, 5.41) is 0.812. The zero-order valence-corrected chi connectivity index (χ0v) is 12.2. The number of likely N-dealkylation sites (N-methyl/N-ethyl adjacent to an activating group) is 1. The molecule has 0 N–H and O–H groups in total. The average molecular weight is 244 g/mol. The van der Waals surface area contributed by atoms with Crippen molar-refractivity contribution in [2.24, 2.45) is 5.92 Å². The smallest absolute Gasteiger partial charge is 0.0110 e. The summed E-state index contributed by atoms with van der Waals surface area (Å²) in [6.45, 7) is 13.3. The van der Waals surface area contributed by atoms with Gasteiger partial charge in [-0.25, -0.2) is 0 Å². The zero-order chi connectivity index (χ0) is 12.0. The lowest BCUT2D eigenvalue weighted by Gasteiger charge is -2.32. The van der Waals surface area contributed by atoms with E-state index in [1.807, 2.05) is 0 Å². The fraction of sp³-hybridized carbons (Fsp3) is 1.00. The summed E-state index contributed by atoms with van der Waals surface area (Å²) in [7, 11) is 2.22. The van der Waals surface area contributed by atoms with Gasteiger partial charge in [-0.2, -0.15) is 11.8 Å². The molecule has 1 fully saturated rings. The molecule has 16 heavy (non-hydrogen) atoms. The third kappa shape index (κ3) is 5.55. The highest BCUT2D eigenvalue weighted by atomic mass is 32.2. The van der Waals surface area contributed by atoms with Gasteiger partial charge in [0.05, 0.1) is 0 Å². The Labute approximate surface area is 106 Å². The molecule has 1 aliphatic rings. The number of hydrogen-bond donors (Lipinski definition) is 0. The Morgan fingerprint density at radius 1 is 1.06 bits per heavy atom. The summed E-state index contributed by atoms with van der Waals surface area (Å²) in [5.41, 5.74) is 0. The van der Waals surface area contributed by atoms with Gasteiger partial charge in [-0.15, -0.1) is 0 Å². The van der Waals surface area contributed by atoms with Crippen LogP contribution in [0.1, 0.15) is 27.2 Å². The lowest BCUT2D eigenvalue weighted by molar-refractivity contribution is 0.154. The molecule has 0 saturated carbocycles. The molecule has 0 spiro atoms. The van der Waals surface area contributed by atoms with Gasteiger partial charge in [0.2, 0.25) is 0 Å². The Balaban J connectivity index is 1.99. The fourth-order valence-electron chi connectivity index (χ4n) is 1.82. The lowest BCUT2D eigenvalue weighted by Crippen LogP contribution is -2.44. The molecule has 1 heterocycles. The van der Waals surface area contributed by atoms with Gasteiger partial charge in [0.25, 0.3) is 0 Å². The molecule has 1 saturated heterocycles.